The number of nitrogens with two attached hydrogens (primary N) is 1. The lowest BCUT2D eigenvalue weighted by atomic mass is 9.93. The van der Waals surface area contributed by atoms with Crippen molar-refractivity contribution < 1.29 is 33.3 Å². The Hall–Kier alpha value is -3.26. The number of carboxylic acids is 1. The quantitative estimate of drug-likeness (QED) is 0.540. The number of carbonyl (C=O) groups is 1. The number of hydrogen-bond acceptors (Lipinski definition) is 4. The van der Waals surface area contributed by atoms with Crippen LogP contribution in [0.5, 0.6) is 11.5 Å². The number of hydrogen-bond donors (Lipinski definition) is 4. The summed E-state index contributed by atoms with van der Waals surface area (Å²) in [4.78, 5) is 8.90. The molecule has 8 heteroatoms. The molecule has 1 atom stereocenters. The fourth-order valence-corrected chi connectivity index (χ4v) is 2.52. The van der Waals surface area contributed by atoms with E-state index in [1.807, 2.05) is 36.4 Å². The van der Waals surface area contributed by atoms with Gasteiger partial charge >= 0.3 is 12.1 Å². The Morgan fingerprint density at radius 1 is 0.889 bits per heavy atom. The van der Waals surface area contributed by atoms with Gasteiger partial charge < -0.3 is 21.1 Å². The van der Waals surface area contributed by atoms with Crippen LogP contribution in [-0.2, 0) is 4.79 Å². The molecule has 0 heterocycles. The highest BCUT2D eigenvalue weighted by molar-refractivity contribution is 5.88. The summed E-state index contributed by atoms with van der Waals surface area (Å²) >= 11 is 0. The van der Waals surface area contributed by atoms with Crippen LogP contribution < -0.4 is 5.73 Å². The maximum atomic E-state index is 10.6. The smallest absolute Gasteiger partial charge is 0.490 e. The molecule has 0 saturated carbocycles. The van der Waals surface area contributed by atoms with E-state index in [1.165, 1.54) is 0 Å². The zero-order chi connectivity index (χ0) is 20.2. The number of fused-ring (bicyclic) bond motifs is 1. The number of phenolic OH excluding ortho intramolecular Hbond substituents is 2. The highest BCUT2D eigenvalue weighted by atomic mass is 19.4. The van der Waals surface area contributed by atoms with E-state index in [0.717, 1.165) is 10.8 Å². The SMILES string of the molecule is N[C@@H](c1ccccc1O)c1c(O)ccc2ccccc12.O=C(O)C(F)(F)F. The Kier molecular flexibility index (Phi) is 5.91. The van der Waals surface area contributed by atoms with E-state index in [2.05, 4.69) is 0 Å². The van der Waals surface area contributed by atoms with Gasteiger partial charge in [0.2, 0.25) is 0 Å². The molecular formula is C19H16F3NO4. The molecule has 5 nitrogen and oxygen atoms in total. The summed E-state index contributed by atoms with van der Waals surface area (Å²) in [6, 6.07) is 17.6. The standard InChI is InChI=1S/C17H15NO2.C2HF3O2/c18-17(13-7-3-4-8-14(13)19)16-12-6-2-1-5-11(12)9-10-15(16)20;3-2(4,5)1(6)7/h1-10,17,19-20H,18H2;(H,6,7)/t17-;/m0./s1. The Morgan fingerprint density at radius 2 is 1.44 bits per heavy atom. The summed E-state index contributed by atoms with van der Waals surface area (Å²) < 4.78 is 31.7. The minimum absolute atomic E-state index is 0.132. The molecule has 0 unspecified atom stereocenters. The molecule has 0 saturated heterocycles. The second kappa shape index (κ2) is 7.96. The lowest BCUT2D eigenvalue weighted by molar-refractivity contribution is -0.192. The van der Waals surface area contributed by atoms with E-state index in [9.17, 15) is 23.4 Å². The number of benzene rings is 3. The fraction of sp³-hybridized carbons (Fsp3) is 0.105. The fourth-order valence-electron chi connectivity index (χ4n) is 2.52. The van der Waals surface area contributed by atoms with Gasteiger partial charge in [-0.25, -0.2) is 4.79 Å². The maximum Gasteiger partial charge on any atom is 0.490 e. The molecule has 0 aromatic heterocycles. The number of aliphatic carboxylic acids is 1. The molecule has 0 spiro atoms. The van der Waals surface area contributed by atoms with Crippen molar-refractivity contribution >= 4 is 16.7 Å². The van der Waals surface area contributed by atoms with Gasteiger partial charge in [0.15, 0.2) is 0 Å². The van der Waals surface area contributed by atoms with Gasteiger partial charge in [-0.15, -0.1) is 0 Å². The number of carboxylic acid groups (broad SMARTS) is 1. The number of para-hydroxylation sites is 1. The number of aromatic hydroxyl groups is 2. The van der Waals surface area contributed by atoms with Gasteiger partial charge in [-0.1, -0.05) is 48.5 Å². The van der Waals surface area contributed by atoms with Crippen molar-refractivity contribution in [2.75, 3.05) is 0 Å². The third-order valence-electron chi connectivity index (χ3n) is 3.77. The molecule has 0 bridgehead atoms. The zero-order valence-corrected chi connectivity index (χ0v) is 13.8. The second-order valence-electron chi connectivity index (χ2n) is 5.56. The van der Waals surface area contributed by atoms with Crippen LogP contribution in [0.25, 0.3) is 10.8 Å². The number of phenols is 2. The summed E-state index contributed by atoms with van der Waals surface area (Å²) in [5, 5.41) is 29.1. The van der Waals surface area contributed by atoms with Crippen molar-refractivity contribution in [2.45, 2.75) is 12.2 Å². The van der Waals surface area contributed by atoms with Gasteiger partial charge in [-0.3, -0.25) is 0 Å². The molecule has 3 aromatic rings. The van der Waals surface area contributed by atoms with E-state index in [0.29, 0.717) is 11.1 Å². The van der Waals surface area contributed by atoms with Crippen LogP contribution >= 0.6 is 0 Å². The molecule has 0 aliphatic carbocycles. The minimum Gasteiger partial charge on any atom is -0.508 e. The van der Waals surface area contributed by atoms with Gasteiger partial charge in [-0.05, 0) is 22.9 Å². The largest absolute Gasteiger partial charge is 0.508 e. The zero-order valence-electron chi connectivity index (χ0n) is 13.8. The summed E-state index contributed by atoms with van der Waals surface area (Å²) in [6.07, 6.45) is -5.08. The predicted octanol–water partition coefficient (Wildman–Crippen LogP) is 3.93. The van der Waals surface area contributed by atoms with Crippen LogP contribution in [0.1, 0.15) is 17.2 Å². The molecule has 0 radical (unpaired) electrons. The van der Waals surface area contributed by atoms with E-state index >= 15 is 0 Å². The first-order valence-corrected chi connectivity index (χ1v) is 7.67. The third-order valence-corrected chi connectivity index (χ3v) is 3.77. The molecule has 27 heavy (non-hydrogen) atoms. The molecule has 0 aliphatic heterocycles. The monoisotopic (exact) mass is 379 g/mol. The van der Waals surface area contributed by atoms with Gasteiger partial charge in [0.1, 0.15) is 11.5 Å². The predicted molar refractivity (Wildman–Crippen MR) is 93.4 cm³/mol. The molecule has 0 amide bonds. The van der Waals surface area contributed by atoms with Crippen LogP contribution in [0.3, 0.4) is 0 Å². The van der Waals surface area contributed by atoms with Crippen LogP contribution in [0, 0.1) is 0 Å². The summed E-state index contributed by atoms with van der Waals surface area (Å²) in [7, 11) is 0. The van der Waals surface area contributed by atoms with E-state index in [-0.39, 0.29) is 11.5 Å². The van der Waals surface area contributed by atoms with Crippen molar-refractivity contribution in [3.63, 3.8) is 0 Å². The topological polar surface area (TPSA) is 104 Å². The average Bonchev–Trinajstić information content (AvgIpc) is 2.61. The Bertz CT molecular complexity index is 957. The third kappa shape index (κ3) is 4.68. The van der Waals surface area contributed by atoms with Crippen LogP contribution in [0.15, 0.2) is 60.7 Å². The Labute approximate surface area is 152 Å². The second-order valence-corrected chi connectivity index (χ2v) is 5.56. The molecule has 142 valence electrons. The number of alkyl halides is 3. The normalized spacial score (nSPS) is 12.1. The van der Waals surface area contributed by atoms with Crippen molar-refractivity contribution in [1.82, 2.24) is 0 Å². The van der Waals surface area contributed by atoms with Crippen molar-refractivity contribution in [1.29, 1.82) is 0 Å². The summed E-state index contributed by atoms with van der Waals surface area (Å²) in [6.45, 7) is 0. The Balaban J connectivity index is 0.000000321. The highest BCUT2D eigenvalue weighted by Crippen LogP contribution is 2.36. The summed E-state index contributed by atoms with van der Waals surface area (Å²) in [5.74, 6) is -2.49. The van der Waals surface area contributed by atoms with E-state index in [4.69, 9.17) is 15.6 Å². The molecule has 0 fully saturated rings. The van der Waals surface area contributed by atoms with Crippen molar-refractivity contribution in [3.8, 4) is 11.5 Å². The highest BCUT2D eigenvalue weighted by Gasteiger charge is 2.38. The number of halogens is 3. The van der Waals surface area contributed by atoms with Crippen LogP contribution in [0.4, 0.5) is 13.2 Å². The molecule has 3 rings (SSSR count). The first-order chi connectivity index (χ1) is 12.6. The maximum absolute atomic E-state index is 10.6. The van der Waals surface area contributed by atoms with E-state index in [1.54, 1.807) is 24.3 Å². The number of rotatable bonds is 2. The minimum atomic E-state index is -5.08. The average molecular weight is 379 g/mol. The van der Waals surface area contributed by atoms with Gasteiger partial charge in [0.25, 0.3) is 0 Å². The van der Waals surface area contributed by atoms with Crippen molar-refractivity contribution in [2.24, 2.45) is 5.73 Å². The van der Waals surface area contributed by atoms with Gasteiger partial charge in [-0.2, -0.15) is 13.2 Å². The van der Waals surface area contributed by atoms with Gasteiger partial charge in [0, 0.05) is 11.1 Å². The summed E-state index contributed by atoms with van der Waals surface area (Å²) in [5.41, 5.74) is 7.49. The lowest BCUT2D eigenvalue weighted by Crippen LogP contribution is -2.21. The van der Waals surface area contributed by atoms with E-state index < -0.39 is 18.2 Å². The Morgan fingerprint density at radius 3 is 2.04 bits per heavy atom. The van der Waals surface area contributed by atoms with Crippen molar-refractivity contribution in [3.05, 3.63) is 71.8 Å². The molecule has 5 N–H and O–H groups in total. The molecule has 0 aliphatic rings. The van der Waals surface area contributed by atoms with Gasteiger partial charge in [0.05, 0.1) is 6.04 Å². The lowest BCUT2D eigenvalue weighted by Gasteiger charge is -2.17. The molecular weight excluding hydrogens is 363 g/mol. The van der Waals surface area contributed by atoms with Crippen LogP contribution in [-0.4, -0.2) is 27.5 Å². The molecule has 3 aromatic carbocycles. The first-order valence-electron chi connectivity index (χ1n) is 7.67. The first kappa shape index (κ1) is 20.1. The van der Waals surface area contributed by atoms with Crippen LogP contribution in [0.2, 0.25) is 0 Å².